The third kappa shape index (κ3) is 4.49. The van der Waals surface area contributed by atoms with Gasteiger partial charge >= 0.3 is 6.18 Å². The topological polar surface area (TPSA) is 0 Å². The summed E-state index contributed by atoms with van der Waals surface area (Å²) in [7, 11) is 0. The first kappa shape index (κ1) is 20.2. The molecule has 0 fully saturated rings. The summed E-state index contributed by atoms with van der Waals surface area (Å²) in [4.78, 5) is 0. The SMILES string of the molecule is CC1=CC=C(c2ccc(Cc3cc(F)c(C(F)(F)F)c(F)c3)c(F)c2)CCC1. The molecule has 2 aromatic rings. The molecule has 2 aromatic carbocycles. The summed E-state index contributed by atoms with van der Waals surface area (Å²) >= 11 is 0. The molecule has 0 saturated carbocycles. The third-order valence-electron chi connectivity index (χ3n) is 4.79. The summed E-state index contributed by atoms with van der Waals surface area (Å²) in [6.07, 6.45) is 1.36. The van der Waals surface area contributed by atoms with Gasteiger partial charge in [0.25, 0.3) is 0 Å². The Hall–Kier alpha value is -2.50. The van der Waals surface area contributed by atoms with Crippen LogP contribution < -0.4 is 0 Å². The Balaban J connectivity index is 1.86. The minimum absolute atomic E-state index is 0.0677. The molecule has 0 nitrogen and oxygen atoms in total. The fraction of sp³-hybridized carbons (Fsp3) is 0.273. The molecule has 0 unspecified atom stereocenters. The van der Waals surface area contributed by atoms with Crippen molar-refractivity contribution in [1.82, 2.24) is 0 Å². The second-order valence-corrected chi connectivity index (χ2v) is 6.97. The van der Waals surface area contributed by atoms with E-state index in [4.69, 9.17) is 0 Å². The number of benzene rings is 2. The minimum atomic E-state index is -5.13. The smallest absolute Gasteiger partial charge is 0.207 e. The molecule has 6 heteroatoms. The van der Waals surface area contributed by atoms with E-state index < -0.39 is 29.2 Å². The molecule has 0 saturated heterocycles. The Bertz CT molecular complexity index is 927. The Morgan fingerprint density at radius 1 is 0.857 bits per heavy atom. The molecule has 28 heavy (non-hydrogen) atoms. The summed E-state index contributed by atoms with van der Waals surface area (Å²) in [5.41, 5.74) is 1.12. The standard InChI is InChI=1S/C22H18F6/c1-13-3-2-4-15(6-5-13)16-7-8-17(18(23)12-16)9-14-10-19(24)21(20(25)11-14)22(26,27)28/h5-8,10-12H,2-4,9H2,1H3. The van der Waals surface area contributed by atoms with Crippen molar-refractivity contribution >= 4 is 5.57 Å². The van der Waals surface area contributed by atoms with Crippen LogP contribution in [0.25, 0.3) is 5.57 Å². The van der Waals surface area contributed by atoms with Crippen molar-refractivity contribution in [3.05, 3.63) is 87.8 Å². The molecule has 0 bridgehead atoms. The van der Waals surface area contributed by atoms with Gasteiger partial charge in [-0.25, -0.2) is 13.2 Å². The molecule has 0 amide bonds. The maximum atomic E-state index is 14.5. The zero-order chi connectivity index (χ0) is 20.5. The van der Waals surface area contributed by atoms with Gasteiger partial charge in [0.2, 0.25) is 0 Å². The van der Waals surface area contributed by atoms with Gasteiger partial charge in [0.05, 0.1) is 0 Å². The molecule has 0 heterocycles. The molecule has 0 spiro atoms. The number of halogens is 6. The van der Waals surface area contributed by atoms with Crippen LogP contribution in [-0.2, 0) is 12.6 Å². The number of rotatable bonds is 3. The number of alkyl halides is 3. The van der Waals surface area contributed by atoms with E-state index in [1.54, 1.807) is 6.07 Å². The predicted octanol–water partition coefficient (Wildman–Crippen LogP) is 7.23. The quantitative estimate of drug-likeness (QED) is 0.480. The van der Waals surface area contributed by atoms with Crippen molar-refractivity contribution in [2.45, 2.75) is 38.8 Å². The van der Waals surface area contributed by atoms with Crippen molar-refractivity contribution in [3.63, 3.8) is 0 Å². The molecule has 0 atom stereocenters. The van der Waals surface area contributed by atoms with Gasteiger partial charge < -0.3 is 0 Å². The second-order valence-electron chi connectivity index (χ2n) is 6.97. The molecule has 1 aliphatic carbocycles. The third-order valence-corrected chi connectivity index (χ3v) is 4.79. The highest BCUT2D eigenvalue weighted by Gasteiger charge is 2.37. The van der Waals surface area contributed by atoms with Crippen LogP contribution in [0.4, 0.5) is 26.3 Å². The molecular weight excluding hydrogens is 378 g/mol. The molecule has 0 radical (unpaired) electrons. The van der Waals surface area contributed by atoms with Crippen LogP contribution in [0.15, 0.2) is 48.1 Å². The molecule has 0 aliphatic heterocycles. The highest BCUT2D eigenvalue weighted by molar-refractivity contribution is 5.68. The summed E-state index contributed by atoms with van der Waals surface area (Å²) < 4.78 is 79.9. The van der Waals surface area contributed by atoms with E-state index in [-0.39, 0.29) is 17.5 Å². The predicted molar refractivity (Wildman–Crippen MR) is 96.2 cm³/mol. The Morgan fingerprint density at radius 2 is 1.54 bits per heavy atom. The normalized spacial score (nSPS) is 15.1. The fourth-order valence-corrected chi connectivity index (χ4v) is 3.32. The highest BCUT2D eigenvalue weighted by atomic mass is 19.4. The van der Waals surface area contributed by atoms with Crippen molar-refractivity contribution < 1.29 is 26.3 Å². The molecule has 0 N–H and O–H groups in total. The van der Waals surface area contributed by atoms with Crippen LogP contribution in [-0.4, -0.2) is 0 Å². The Kier molecular flexibility index (Phi) is 5.68. The zero-order valence-electron chi connectivity index (χ0n) is 15.1. The summed E-state index contributed by atoms with van der Waals surface area (Å²) in [6.45, 7) is 2.03. The van der Waals surface area contributed by atoms with Crippen molar-refractivity contribution in [2.24, 2.45) is 0 Å². The van der Waals surface area contributed by atoms with Crippen molar-refractivity contribution in [1.29, 1.82) is 0 Å². The van der Waals surface area contributed by atoms with Crippen LogP contribution in [0.5, 0.6) is 0 Å². The van der Waals surface area contributed by atoms with Crippen LogP contribution in [0, 0.1) is 17.5 Å². The van der Waals surface area contributed by atoms with Crippen LogP contribution >= 0.6 is 0 Å². The van der Waals surface area contributed by atoms with Gasteiger partial charge in [0, 0.05) is 6.42 Å². The summed E-state index contributed by atoms with van der Waals surface area (Å²) in [5.74, 6) is -3.97. The van der Waals surface area contributed by atoms with E-state index in [1.165, 1.54) is 17.7 Å². The van der Waals surface area contributed by atoms with Gasteiger partial charge in [-0.05, 0) is 66.6 Å². The number of allylic oxidation sites excluding steroid dienone is 4. The molecule has 3 rings (SSSR count). The highest BCUT2D eigenvalue weighted by Crippen LogP contribution is 2.34. The summed E-state index contributed by atoms with van der Waals surface area (Å²) in [5, 5.41) is 0. The van der Waals surface area contributed by atoms with Gasteiger partial charge in [-0.3, -0.25) is 0 Å². The lowest BCUT2D eigenvalue weighted by Gasteiger charge is -2.12. The van der Waals surface area contributed by atoms with E-state index in [0.717, 1.165) is 30.4 Å². The maximum Gasteiger partial charge on any atom is 0.422 e. The Labute approximate surface area is 159 Å². The average molecular weight is 396 g/mol. The zero-order valence-corrected chi connectivity index (χ0v) is 15.1. The monoisotopic (exact) mass is 396 g/mol. The molecule has 1 aliphatic rings. The van der Waals surface area contributed by atoms with E-state index in [9.17, 15) is 26.3 Å². The average Bonchev–Trinajstić information content (AvgIpc) is 2.79. The molecular formula is C22H18F6. The molecule has 148 valence electrons. The lowest BCUT2D eigenvalue weighted by atomic mass is 9.96. The lowest BCUT2D eigenvalue weighted by molar-refractivity contribution is -0.142. The van der Waals surface area contributed by atoms with Gasteiger partial charge in [-0.15, -0.1) is 0 Å². The Morgan fingerprint density at radius 3 is 2.14 bits per heavy atom. The van der Waals surface area contributed by atoms with Crippen LogP contribution in [0.2, 0.25) is 0 Å². The van der Waals surface area contributed by atoms with E-state index >= 15 is 0 Å². The van der Waals surface area contributed by atoms with Crippen molar-refractivity contribution in [2.75, 3.05) is 0 Å². The van der Waals surface area contributed by atoms with Gasteiger partial charge in [-0.1, -0.05) is 29.9 Å². The lowest BCUT2D eigenvalue weighted by Crippen LogP contribution is -2.12. The first-order chi connectivity index (χ1) is 13.1. The van der Waals surface area contributed by atoms with E-state index in [2.05, 4.69) is 0 Å². The largest absolute Gasteiger partial charge is 0.422 e. The van der Waals surface area contributed by atoms with E-state index in [0.29, 0.717) is 12.1 Å². The van der Waals surface area contributed by atoms with Crippen LogP contribution in [0.1, 0.15) is 48.4 Å². The first-order valence-corrected chi connectivity index (χ1v) is 8.85. The summed E-state index contributed by atoms with van der Waals surface area (Å²) in [6, 6.07) is 5.77. The fourth-order valence-electron chi connectivity index (χ4n) is 3.32. The maximum absolute atomic E-state index is 14.5. The number of hydrogen-bond donors (Lipinski definition) is 0. The molecule has 0 aromatic heterocycles. The van der Waals surface area contributed by atoms with E-state index in [1.807, 2.05) is 19.1 Å². The minimum Gasteiger partial charge on any atom is -0.207 e. The first-order valence-electron chi connectivity index (χ1n) is 8.85. The van der Waals surface area contributed by atoms with Crippen molar-refractivity contribution in [3.8, 4) is 0 Å². The van der Waals surface area contributed by atoms with Crippen LogP contribution in [0.3, 0.4) is 0 Å². The van der Waals surface area contributed by atoms with Gasteiger partial charge in [0.15, 0.2) is 0 Å². The van der Waals surface area contributed by atoms with Gasteiger partial charge in [-0.2, -0.15) is 13.2 Å². The second kappa shape index (κ2) is 7.86. The number of hydrogen-bond acceptors (Lipinski definition) is 0. The van der Waals surface area contributed by atoms with Gasteiger partial charge in [0.1, 0.15) is 23.0 Å².